The average Bonchev–Trinajstić information content (AvgIpc) is 3.50. The lowest BCUT2D eigenvalue weighted by Crippen LogP contribution is -2.62. The number of amides is 5. The molecule has 1 aliphatic carbocycles. The van der Waals surface area contributed by atoms with Gasteiger partial charge in [0.05, 0.1) is 12.6 Å². The molecule has 2 aliphatic heterocycles. The molecule has 5 atom stereocenters. The number of hydrogen-bond donors (Lipinski definition) is 2. The van der Waals surface area contributed by atoms with E-state index in [1.54, 1.807) is 25.7 Å². The van der Waals surface area contributed by atoms with Gasteiger partial charge in [0.1, 0.15) is 30.3 Å². The molecule has 2 N–H and O–H groups in total. The van der Waals surface area contributed by atoms with Gasteiger partial charge in [-0.25, -0.2) is 9.59 Å². The van der Waals surface area contributed by atoms with Crippen molar-refractivity contribution in [3.63, 3.8) is 0 Å². The van der Waals surface area contributed by atoms with Gasteiger partial charge in [-0.1, -0.05) is 54.6 Å². The van der Waals surface area contributed by atoms with Gasteiger partial charge >= 0.3 is 12.2 Å². The van der Waals surface area contributed by atoms with Crippen LogP contribution < -0.4 is 10.6 Å². The number of ether oxygens (including phenoxy) is 2. The number of hydrogen-bond acceptors (Lipinski definition) is 7. The van der Waals surface area contributed by atoms with E-state index in [1.165, 1.54) is 24.4 Å². The summed E-state index contributed by atoms with van der Waals surface area (Å²) in [6.45, 7) is 6.90. The largest absolute Gasteiger partial charge is 0.445 e. The highest BCUT2D eigenvalue weighted by atomic mass is 16.6. The SMILES string of the molecule is C[C@@H](C(=O)N[C@H]1CN(C(=O)OCc2ccccc2)CC[C@H]2CC[C@@H](C(=O)NC3CCCc4ccccc43)N2C1=O)N(C)C(=O)OC(C)(C)C. The van der Waals surface area contributed by atoms with E-state index in [9.17, 15) is 24.0 Å². The lowest BCUT2D eigenvalue weighted by atomic mass is 9.87. The summed E-state index contributed by atoms with van der Waals surface area (Å²) >= 11 is 0. The number of rotatable bonds is 7. The van der Waals surface area contributed by atoms with Crippen molar-refractivity contribution in [2.75, 3.05) is 20.1 Å². The highest BCUT2D eigenvalue weighted by Gasteiger charge is 2.46. The Morgan fingerprint density at radius 3 is 2.39 bits per heavy atom. The smallest absolute Gasteiger partial charge is 0.410 e. The van der Waals surface area contributed by atoms with E-state index in [0.29, 0.717) is 19.3 Å². The van der Waals surface area contributed by atoms with E-state index in [2.05, 4.69) is 16.7 Å². The Bertz CT molecular complexity index is 1530. The normalized spacial score (nSPS) is 22.8. The topological polar surface area (TPSA) is 138 Å². The molecule has 0 radical (unpaired) electrons. The molecule has 2 saturated heterocycles. The van der Waals surface area contributed by atoms with Crippen molar-refractivity contribution in [1.82, 2.24) is 25.3 Å². The first-order valence-electron chi connectivity index (χ1n) is 17.2. The molecule has 12 heteroatoms. The molecule has 2 heterocycles. The summed E-state index contributed by atoms with van der Waals surface area (Å²) in [5.41, 5.74) is 2.38. The number of carbonyl (C=O) groups excluding carboxylic acids is 5. The molecular formula is C37H49N5O7. The monoisotopic (exact) mass is 675 g/mol. The van der Waals surface area contributed by atoms with Crippen LogP contribution in [0.25, 0.3) is 0 Å². The molecule has 2 fully saturated rings. The Balaban J connectivity index is 1.34. The first-order chi connectivity index (χ1) is 23.3. The third-order valence-electron chi connectivity index (χ3n) is 9.60. The summed E-state index contributed by atoms with van der Waals surface area (Å²) < 4.78 is 11.0. The molecule has 1 unspecified atom stereocenters. The molecule has 3 aliphatic rings. The van der Waals surface area contributed by atoms with Crippen molar-refractivity contribution < 1.29 is 33.4 Å². The molecule has 12 nitrogen and oxygen atoms in total. The van der Waals surface area contributed by atoms with E-state index in [4.69, 9.17) is 9.47 Å². The van der Waals surface area contributed by atoms with Gasteiger partial charge in [-0.05, 0) is 82.9 Å². The maximum atomic E-state index is 14.4. The third kappa shape index (κ3) is 8.71. The van der Waals surface area contributed by atoms with Crippen LogP contribution in [0.15, 0.2) is 54.6 Å². The van der Waals surface area contributed by atoms with Crippen LogP contribution in [-0.2, 0) is 36.9 Å². The van der Waals surface area contributed by atoms with Crippen LogP contribution in [0.2, 0.25) is 0 Å². The van der Waals surface area contributed by atoms with Crippen molar-refractivity contribution in [3.05, 3.63) is 71.3 Å². The summed E-state index contributed by atoms with van der Waals surface area (Å²) in [6, 6.07) is 14.0. The minimum atomic E-state index is -1.18. The van der Waals surface area contributed by atoms with Gasteiger partial charge < -0.3 is 29.9 Å². The molecule has 0 bridgehead atoms. The summed E-state index contributed by atoms with van der Waals surface area (Å²) in [5, 5.41) is 6.02. The molecule has 0 aromatic heterocycles. The predicted molar refractivity (Wildman–Crippen MR) is 182 cm³/mol. The van der Waals surface area contributed by atoms with Gasteiger partial charge in [0, 0.05) is 19.6 Å². The molecule has 5 rings (SSSR count). The highest BCUT2D eigenvalue weighted by Crippen LogP contribution is 2.33. The van der Waals surface area contributed by atoms with Crippen molar-refractivity contribution in [2.24, 2.45) is 0 Å². The summed E-state index contributed by atoms with van der Waals surface area (Å²) in [5.74, 6) is -1.27. The van der Waals surface area contributed by atoms with Crippen LogP contribution in [0.1, 0.15) is 82.5 Å². The van der Waals surface area contributed by atoms with Crippen molar-refractivity contribution in [1.29, 1.82) is 0 Å². The fourth-order valence-electron chi connectivity index (χ4n) is 6.85. The zero-order chi connectivity index (χ0) is 35.3. The molecule has 264 valence electrons. The Morgan fingerprint density at radius 1 is 0.939 bits per heavy atom. The predicted octanol–water partition coefficient (Wildman–Crippen LogP) is 4.32. The molecule has 2 aromatic rings. The Labute approximate surface area is 288 Å². The van der Waals surface area contributed by atoms with Crippen LogP contribution >= 0.6 is 0 Å². The van der Waals surface area contributed by atoms with Gasteiger partial charge in [-0.2, -0.15) is 0 Å². The second kappa shape index (κ2) is 15.3. The van der Waals surface area contributed by atoms with Gasteiger partial charge in [0.25, 0.3) is 0 Å². The number of benzene rings is 2. The summed E-state index contributed by atoms with van der Waals surface area (Å²) in [7, 11) is 1.45. The zero-order valence-electron chi connectivity index (χ0n) is 29.1. The van der Waals surface area contributed by atoms with E-state index < -0.39 is 47.7 Å². The first kappa shape index (κ1) is 35.7. The fraction of sp³-hybridized carbons (Fsp3) is 0.541. The van der Waals surface area contributed by atoms with Crippen LogP contribution in [0, 0.1) is 0 Å². The second-order valence-corrected chi connectivity index (χ2v) is 14.2. The standard InChI is InChI=1S/C37H49N5O7/c1-24(40(5)35(46)49-37(2,3)4)32(43)39-30-22-41(36(47)48-23-25-12-7-6-8-13-25)21-20-27-18-19-31(42(27)34(30)45)33(44)38-29-17-11-15-26-14-9-10-16-28(26)29/h6-10,12-14,16,24,27,29-31H,11,15,17-23H2,1-5H3,(H,38,44)(H,39,43)/t24-,27+,29?,30-,31-/m0/s1. The lowest BCUT2D eigenvalue weighted by Gasteiger charge is -2.39. The number of likely N-dealkylation sites (N-methyl/N-ethyl adjacent to an activating group) is 1. The Hall–Kier alpha value is -4.61. The minimum Gasteiger partial charge on any atom is -0.445 e. The van der Waals surface area contributed by atoms with Crippen LogP contribution in [0.5, 0.6) is 0 Å². The summed E-state index contributed by atoms with van der Waals surface area (Å²) in [4.78, 5) is 72.2. The number of aryl methyl sites for hydroxylation is 1. The number of nitrogens with zero attached hydrogens (tertiary/aromatic N) is 3. The van der Waals surface area contributed by atoms with Crippen molar-refractivity contribution in [3.8, 4) is 0 Å². The van der Waals surface area contributed by atoms with E-state index >= 15 is 0 Å². The number of fused-ring (bicyclic) bond motifs is 2. The third-order valence-corrected chi connectivity index (χ3v) is 9.60. The molecular weight excluding hydrogens is 626 g/mol. The Kier molecular flexibility index (Phi) is 11.1. The average molecular weight is 676 g/mol. The molecule has 2 aromatic carbocycles. The summed E-state index contributed by atoms with van der Waals surface area (Å²) in [6.07, 6.45) is 2.95. The van der Waals surface area contributed by atoms with Crippen LogP contribution in [-0.4, -0.2) is 94.5 Å². The molecule has 5 amide bonds. The quantitative estimate of drug-likeness (QED) is 0.446. The zero-order valence-corrected chi connectivity index (χ0v) is 29.1. The minimum absolute atomic E-state index is 0.0565. The maximum Gasteiger partial charge on any atom is 0.410 e. The van der Waals surface area contributed by atoms with Gasteiger partial charge in [0.2, 0.25) is 17.7 Å². The van der Waals surface area contributed by atoms with Gasteiger partial charge in [0.15, 0.2) is 0 Å². The lowest BCUT2D eigenvalue weighted by molar-refractivity contribution is -0.145. The highest BCUT2D eigenvalue weighted by molar-refractivity contribution is 5.95. The number of nitrogens with one attached hydrogen (secondary N) is 2. The van der Waals surface area contributed by atoms with Crippen molar-refractivity contribution in [2.45, 2.75) is 109 Å². The first-order valence-corrected chi connectivity index (χ1v) is 17.2. The van der Waals surface area contributed by atoms with Gasteiger partial charge in [-0.3, -0.25) is 19.3 Å². The second-order valence-electron chi connectivity index (χ2n) is 14.2. The maximum absolute atomic E-state index is 14.4. The van der Waals surface area contributed by atoms with E-state index in [-0.39, 0.29) is 37.7 Å². The van der Waals surface area contributed by atoms with E-state index in [1.807, 2.05) is 48.5 Å². The Morgan fingerprint density at radius 2 is 1.65 bits per heavy atom. The molecule has 0 spiro atoms. The van der Waals surface area contributed by atoms with Crippen LogP contribution in [0.3, 0.4) is 0 Å². The number of carbonyl (C=O) groups is 5. The molecule has 49 heavy (non-hydrogen) atoms. The van der Waals surface area contributed by atoms with Crippen molar-refractivity contribution >= 4 is 29.9 Å². The molecule has 0 saturated carbocycles. The van der Waals surface area contributed by atoms with E-state index in [0.717, 1.165) is 35.3 Å². The van der Waals surface area contributed by atoms with Crippen LogP contribution in [0.4, 0.5) is 9.59 Å². The fourth-order valence-corrected chi connectivity index (χ4v) is 6.85. The van der Waals surface area contributed by atoms with Gasteiger partial charge in [-0.15, -0.1) is 0 Å².